The van der Waals surface area contributed by atoms with Gasteiger partial charge in [0.25, 0.3) is 0 Å². The van der Waals surface area contributed by atoms with Gasteiger partial charge < -0.3 is 10.6 Å². The van der Waals surface area contributed by atoms with Crippen molar-refractivity contribution in [3.8, 4) is 0 Å². The monoisotopic (exact) mass is 646 g/mol. The van der Waals surface area contributed by atoms with E-state index in [1.165, 1.54) is 101 Å². The third-order valence-corrected chi connectivity index (χ3v) is 8.10. The van der Waals surface area contributed by atoms with Gasteiger partial charge in [0.1, 0.15) is 0 Å². The van der Waals surface area contributed by atoms with Crippen LogP contribution in [-0.2, 0) is 16.5 Å². The minimum atomic E-state index is 0. The Kier molecular flexibility index (Phi) is 24.7. The number of anilines is 2. The van der Waals surface area contributed by atoms with Crippen LogP contribution in [0.3, 0.4) is 0 Å². The third-order valence-electron chi connectivity index (χ3n) is 8.10. The molecule has 2 N–H and O–H groups in total. The Morgan fingerprint density at radius 3 is 1.18 bits per heavy atom. The van der Waals surface area contributed by atoms with E-state index >= 15 is 0 Å². The van der Waals surface area contributed by atoms with E-state index in [9.17, 15) is 0 Å². The summed E-state index contributed by atoms with van der Waals surface area (Å²) in [6, 6.07) is 17.3. The maximum atomic E-state index is 5.20. The summed E-state index contributed by atoms with van der Waals surface area (Å²) < 4.78 is 0. The van der Waals surface area contributed by atoms with E-state index in [0.29, 0.717) is 0 Å². The summed E-state index contributed by atoms with van der Waals surface area (Å²) in [7, 11) is 0. The van der Waals surface area contributed by atoms with Crippen molar-refractivity contribution in [1.29, 1.82) is 0 Å². The van der Waals surface area contributed by atoms with Crippen molar-refractivity contribution in [3.63, 3.8) is 0 Å². The van der Waals surface area contributed by atoms with Crippen LogP contribution in [0.4, 0.5) is 22.7 Å². The first-order chi connectivity index (χ1) is 21.2. The van der Waals surface area contributed by atoms with E-state index in [2.05, 4.69) is 86.9 Å². The fourth-order valence-corrected chi connectivity index (χ4v) is 5.31. The molecule has 2 aromatic carbocycles. The largest absolute Gasteiger partial charge is 0.385 e. The van der Waals surface area contributed by atoms with Crippen LogP contribution in [0.1, 0.15) is 150 Å². The molecule has 0 fully saturated rings. The summed E-state index contributed by atoms with van der Waals surface area (Å²) in [6.07, 6.45) is 23.7. The van der Waals surface area contributed by atoms with Crippen molar-refractivity contribution in [2.45, 2.75) is 150 Å². The number of nitrogens with zero attached hydrogens (tertiary/aromatic N) is 2. The van der Waals surface area contributed by atoms with Crippen LogP contribution in [0.2, 0.25) is 0 Å². The molecule has 0 aliphatic rings. The molecule has 0 spiro atoms. The van der Waals surface area contributed by atoms with Gasteiger partial charge in [-0.15, -0.1) is 0 Å². The molecule has 0 bridgehead atoms. The molecular weight excluding hydrogens is 583 g/mol. The standard InChI is InChI=1S/C39H64N4.Ni/c1-5-9-13-15-17-20-32-40-34-24-28-36(29-25-34)42-38(22-12-8-4)39(23-19-11-7-3)43-37-30-26-35(27-31-37)41-33-21-18-16-14-10-6-2;/h24-31,40-41H,5-23,32-33H2,1-4H3;/b42-38+,43-39+;. The van der Waals surface area contributed by atoms with Gasteiger partial charge in [0, 0.05) is 41.0 Å². The van der Waals surface area contributed by atoms with Crippen molar-refractivity contribution >= 4 is 34.2 Å². The first-order valence-electron chi connectivity index (χ1n) is 18.0. The molecule has 2 aromatic rings. The molecule has 0 aliphatic heterocycles. The molecule has 4 nitrogen and oxygen atoms in total. The average Bonchev–Trinajstić information content (AvgIpc) is 3.03. The second-order valence-corrected chi connectivity index (χ2v) is 12.2. The van der Waals surface area contributed by atoms with Crippen molar-refractivity contribution in [2.75, 3.05) is 23.7 Å². The van der Waals surface area contributed by atoms with E-state index in [1.54, 1.807) is 0 Å². The first kappa shape index (κ1) is 39.9. The molecule has 0 heterocycles. The summed E-state index contributed by atoms with van der Waals surface area (Å²) in [4.78, 5) is 10.4. The predicted molar refractivity (Wildman–Crippen MR) is 194 cm³/mol. The van der Waals surface area contributed by atoms with E-state index in [0.717, 1.165) is 68.0 Å². The Morgan fingerprint density at radius 2 is 0.773 bits per heavy atom. The molecule has 5 heteroatoms. The van der Waals surface area contributed by atoms with Gasteiger partial charge in [-0.05, 0) is 87.1 Å². The summed E-state index contributed by atoms with van der Waals surface area (Å²) in [5.41, 5.74) is 6.72. The third kappa shape index (κ3) is 18.6. The van der Waals surface area contributed by atoms with E-state index in [4.69, 9.17) is 9.98 Å². The van der Waals surface area contributed by atoms with Gasteiger partial charge in [-0.25, -0.2) is 0 Å². The zero-order valence-corrected chi connectivity index (χ0v) is 29.7. The zero-order chi connectivity index (χ0) is 30.8. The Bertz CT molecular complexity index is 998. The number of hydrogen-bond donors (Lipinski definition) is 2. The van der Waals surface area contributed by atoms with Crippen LogP contribution < -0.4 is 10.6 Å². The molecule has 250 valence electrons. The Labute approximate surface area is 281 Å². The van der Waals surface area contributed by atoms with E-state index in [1.807, 2.05) is 0 Å². The second-order valence-electron chi connectivity index (χ2n) is 12.2. The fourth-order valence-electron chi connectivity index (χ4n) is 5.31. The molecule has 0 aliphatic carbocycles. The molecular formula is C39H64N4Ni. The van der Waals surface area contributed by atoms with Gasteiger partial charge >= 0.3 is 0 Å². The van der Waals surface area contributed by atoms with Crippen LogP contribution in [0.5, 0.6) is 0 Å². The topological polar surface area (TPSA) is 48.8 Å². The van der Waals surface area contributed by atoms with Crippen LogP contribution in [0, 0.1) is 0 Å². The smallest absolute Gasteiger partial charge is 0.0635 e. The molecule has 0 radical (unpaired) electrons. The Morgan fingerprint density at radius 1 is 0.432 bits per heavy atom. The molecule has 44 heavy (non-hydrogen) atoms. The number of hydrogen-bond acceptors (Lipinski definition) is 4. The van der Waals surface area contributed by atoms with Gasteiger partial charge in [-0.3, -0.25) is 9.98 Å². The van der Waals surface area contributed by atoms with Crippen molar-refractivity contribution in [3.05, 3.63) is 48.5 Å². The Hall–Kier alpha value is -2.13. The Balaban J connectivity index is 0.00000968. The van der Waals surface area contributed by atoms with E-state index < -0.39 is 0 Å². The van der Waals surface area contributed by atoms with Crippen LogP contribution in [-0.4, -0.2) is 24.5 Å². The van der Waals surface area contributed by atoms with Gasteiger partial charge in [-0.1, -0.05) is 111 Å². The SMILES string of the molecule is CCCCCCCCNc1ccc(/N=C(CCCC)/C(CCCCC)=N/c2ccc(NCCCCCCCC)cc2)cc1.[Ni]. The first-order valence-corrected chi connectivity index (χ1v) is 18.0. The molecule has 0 unspecified atom stereocenters. The van der Waals surface area contributed by atoms with Gasteiger partial charge in [0.2, 0.25) is 0 Å². The van der Waals surface area contributed by atoms with Crippen molar-refractivity contribution < 1.29 is 16.5 Å². The second kappa shape index (κ2) is 27.2. The summed E-state index contributed by atoms with van der Waals surface area (Å²) in [5, 5.41) is 7.19. The van der Waals surface area contributed by atoms with Crippen LogP contribution in [0.25, 0.3) is 0 Å². The zero-order valence-electron chi connectivity index (χ0n) is 28.7. The van der Waals surface area contributed by atoms with E-state index in [-0.39, 0.29) is 16.5 Å². The number of nitrogens with one attached hydrogen (secondary N) is 2. The van der Waals surface area contributed by atoms with Gasteiger partial charge in [-0.2, -0.15) is 0 Å². The summed E-state index contributed by atoms with van der Waals surface area (Å²) >= 11 is 0. The van der Waals surface area contributed by atoms with Crippen LogP contribution >= 0.6 is 0 Å². The average molecular weight is 648 g/mol. The minimum Gasteiger partial charge on any atom is -0.385 e. The number of benzene rings is 2. The molecule has 0 saturated heterocycles. The number of unbranched alkanes of at least 4 members (excludes halogenated alkanes) is 13. The minimum absolute atomic E-state index is 0. The summed E-state index contributed by atoms with van der Waals surface area (Å²) in [5.74, 6) is 0. The normalized spacial score (nSPS) is 11.8. The predicted octanol–water partition coefficient (Wildman–Crippen LogP) is 12.8. The maximum absolute atomic E-state index is 5.20. The molecule has 0 atom stereocenters. The number of aliphatic imine (C=N–C) groups is 2. The van der Waals surface area contributed by atoms with Gasteiger partial charge in [0.05, 0.1) is 22.8 Å². The molecule has 0 saturated carbocycles. The van der Waals surface area contributed by atoms with Crippen LogP contribution in [0.15, 0.2) is 58.5 Å². The molecule has 2 rings (SSSR count). The van der Waals surface area contributed by atoms with Crippen molar-refractivity contribution in [1.82, 2.24) is 0 Å². The van der Waals surface area contributed by atoms with Crippen molar-refractivity contribution in [2.24, 2.45) is 9.98 Å². The quantitative estimate of drug-likeness (QED) is 0.0606. The summed E-state index contributed by atoms with van der Waals surface area (Å²) in [6.45, 7) is 11.2. The van der Waals surface area contributed by atoms with Gasteiger partial charge in [0.15, 0.2) is 0 Å². The molecule has 0 aromatic heterocycles. The number of rotatable bonds is 26. The fraction of sp³-hybridized carbons (Fsp3) is 0.641. The maximum Gasteiger partial charge on any atom is 0.0635 e. The molecule has 0 amide bonds.